The molecule has 0 spiro atoms. The molecular weight excluding hydrogens is 324 g/mol. The Balaban J connectivity index is 2.15. The average molecular weight is 341 g/mol. The van der Waals surface area contributed by atoms with Gasteiger partial charge >= 0.3 is 0 Å². The number of hydrogen-bond acceptors (Lipinski definition) is 4. The Kier molecular flexibility index (Phi) is 4.72. The van der Waals surface area contributed by atoms with Gasteiger partial charge in [-0.1, -0.05) is 29.4 Å². The number of fused-ring (bicyclic) bond motifs is 3. The molecule has 0 N–H and O–H groups in total. The number of aryl methyl sites for hydroxylation is 2. The SMILES string of the molecule is CCn1c(SC/C=C/Cl)nc2sc3c(c2c1=O)CCCC3. The predicted octanol–water partition coefficient (Wildman–Crippen LogP) is 4.20. The highest BCUT2D eigenvalue weighted by Crippen LogP contribution is 2.34. The van der Waals surface area contributed by atoms with E-state index in [-0.39, 0.29) is 5.56 Å². The molecule has 0 saturated heterocycles. The quantitative estimate of drug-likeness (QED) is 0.618. The second-order valence-electron chi connectivity index (χ2n) is 5.01. The molecule has 2 aromatic heterocycles. The first-order valence-electron chi connectivity index (χ1n) is 7.19. The number of rotatable bonds is 4. The number of thiophene rings is 1. The van der Waals surface area contributed by atoms with Crippen LogP contribution in [-0.2, 0) is 19.4 Å². The lowest BCUT2D eigenvalue weighted by molar-refractivity contribution is 0.634. The Morgan fingerprint density at radius 1 is 1.43 bits per heavy atom. The van der Waals surface area contributed by atoms with E-state index in [1.165, 1.54) is 28.8 Å². The molecular formula is C15H17ClN2OS2. The Bertz CT molecular complexity index is 748. The lowest BCUT2D eigenvalue weighted by Gasteiger charge is -2.11. The van der Waals surface area contributed by atoms with Gasteiger partial charge in [0.1, 0.15) is 4.83 Å². The van der Waals surface area contributed by atoms with E-state index in [2.05, 4.69) is 0 Å². The van der Waals surface area contributed by atoms with Crippen LogP contribution in [0.4, 0.5) is 0 Å². The zero-order valence-corrected chi connectivity index (χ0v) is 14.3. The fourth-order valence-electron chi connectivity index (χ4n) is 2.77. The van der Waals surface area contributed by atoms with Crippen LogP contribution < -0.4 is 5.56 Å². The van der Waals surface area contributed by atoms with Crippen molar-refractivity contribution in [2.24, 2.45) is 0 Å². The topological polar surface area (TPSA) is 34.9 Å². The summed E-state index contributed by atoms with van der Waals surface area (Å²) in [6, 6.07) is 0. The number of hydrogen-bond donors (Lipinski definition) is 0. The molecule has 0 aromatic carbocycles. The summed E-state index contributed by atoms with van der Waals surface area (Å²) in [5, 5.41) is 1.66. The van der Waals surface area contributed by atoms with Crippen LogP contribution in [0.2, 0.25) is 0 Å². The summed E-state index contributed by atoms with van der Waals surface area (Å²) in [6.07, 6.45) is 6.39. The molecule has 21 heavy (non-hydrogen) atoms. The maximum atomic E-state index is 12.8. The largest absolute Gasteiger partial charge is 0.287 e. The van der Waals surface area contributed by atoms with Gasteiger partial charge in [-0.05, 0) is 38.2 Å². The van der Waals surface area contributed by atoms with Crippen molar-refractivity contribution in [2.45, 2.75) is 44.3 Å². The number of thioether (sulfide) groups is 1. The van der Waals surface area contributed by atoms with E-state index in [0.717, 1.165) is 34.0 Å². The molecule has 0 unspecified atom stereocenters. The summed E-state index contributed by atoms with van der Waals surface area (Å²) in [4.78, 5) is 19.8. The molecule has 2 aromatic rings. The fraction of sp³-hybridized carbons (Fsp3) is 0.467. The molecule has 3 nitrogen and oxygen atoms in total. The van der Waals surface area contributed by atoms with Crippen LogP contribution >= 0.6 is 34.7 Å². The standard InChI is InChI=1S/C15H17ClN2OS2/c1-2-18-14(19)12-10-6-3-4-7-11(10)21-13(12)17-15(18)20-9-5-8-16/h5,8H,2-4,6-7,9H2,1H3/b8-5+. The zero-order valence-electron chi connectivity index (χ0n) is 11.9. The van der Waals surface area contributed by atoms with Gasteiger partial charge in [0.15, 0.2) is 5.16 Å². The maximum Gasteiger partial charge on any atom is 0.263 e. The third kappa shape index (κ3) is 2.79. The molecule has 1 aliphatic carbocycles. The minimum atomic E-state index is 0.124. The summed E-state index contributed by atoms with van der Waals surface area (Å²) in [5.41, 5.74) is 2.89. The summed E-state index contributed by atoms with van der Waals surface area (Å²) < 4.78 is 1.79. The minimum Gasteiger partial charge on any atom is -0.287 e. The van der Waals surface area contributed by atoms with Gasteiger partial charge in [-0.3, -0.25) is 9.36 Å². The van der Waals surface area contributed by atoms with Crippen LogP contribution in [0.25, 0.3) is 10.2 Å². The van der Waals surface area contributed by atoms with Gasteiger partial charge < -0.3 is 0 Å². The first-order chi connectivity index (χ1) is 10.3. The van der Waals surface area contributed by atoms with Gasteiger partial charge in [-0.2, -0.15) is 0 Å². The van der Waals surface area contributed by atoms with Gasteiger partial charge in [-0.15, -0.1) is 11.3 Å². The summed E-state index contributed by atoms with van der Waals surface area (Å²) >= 11 is 8.82. The smallest absolute Gasteiger partial charge is 0.263 e. The fourth-order valence-corrected chi connectivity index (χ4v) is 5.14. The van der Waals surface area contributed by atoms with Crippen molar-refractivity contribution in [3.63, 3.8) is 0 Å². The van der Waals surface area contributed by atoms with Crippen molar-refractivity contribution in [1.82, 2.24) is 9.55 Å². The van der Waals surface area contributed by atoms with Crippen LogP contribution in [0, 0.1) is 0 Å². The Morgan fingerprint density at radius 3 is 3.00 bits per heavy atom. The van der Waals surface area contributed by atoms with Crippen molar-refractivity contribution < 1.29 is 0 Å². The molecule has 0 fully saturated rings. The van der Waals surface area contributed by atoms with Gasteiger partial charge in [0.25, 0.3) is 5.56 Å². The molecule has 0 aliphatic heterocycles. The van der Waals surface area contributed by atoms with E-state index >= 15 is 0 Å². The van der Waals surface area contributed by atoms with E-state index in [1.54, 1.807) is 27.7 Å². The summed E-state index contributed by atoms with van der Waals surface area (Å²) in [6.45, 7) is 2.65. The van der Waals surface area contributed by atoms with Gasteiger partial charge in [-0.25, -0.2) is 4.98 Å². The van der Waals surface area contributed by atoms with E-state index in [1.807, 2.05) is 13.0 Å². The van der Waals surface area contributed by atoms with Crippen LogP contribution in [0.3, 0.4) is 0 Å². The predicted molar refractivity (Wildman–Crippen MR) is 91.9 cm³/mol. The Labute approximate surface area is 137 Å². The van der Waals surface area contributed by atoms with Crippen molar-refractivity contribution in [3.8, 4) is 0 Å². The molecule has 2 heterocycles. The van der Waals surface area contributed by atoms with Gasteiger partial charge in [0.2, 0.25) is 0 Å². The molecule has 112 valence electrons. The maximum absolute atomic E-state index is 12.8. The van der Waals surface area contributed by atoms with E-state index in [0.29, 0.717) is 6.54 Å². The normalized spacial score (nSPS) is 15.0. The first kappa shape index (κ1) is 15.1. The third-order valence-electron chi connectivity index (χ3n) is 3.75. The van der Waals surface area contributed by atoms with Crippen molar-refractivity contribution >= 4 is 44.9 Å². The summed E-state index contributed by atoms with van der Waals surface area (Å²) in [7, 11) is 0. The molecule has 0 amide bonds. The highest BCUT2D eigenvalue weighted by atomic mass is 35.5. The Hall–Kier alpha value is -0.780. The van der Waals surface area contributed by atoms with Crippen LogP contribution in [0.5, 0.6) is 0 Å². The molecule has 0 atom stereocenters. The monoisotopic (exact) mass is 340 g/mol. The van der Waals surface area contributed by atoms with E-state index in [4.69, 9.17) is 16.6 Å². The molecule has 1 aliphatic rings. The molecule has 0 bridgehead atoms. The second-order valence-corrected chi connectivity index (χ2v) is 7.33. The van der Waals surface area contributed by atoms with E-state index < -0.39 is 0 Å². The first-order valence-corrected chi connectivity index (χ1v) is 9.43. The highest BCUT2D eigenvalue weighted by Gasteiger charge is 2.21. The van der Waals surface area contributed by atoms with Crippen molar-refractivity contribution in [1.29, 1.82) is 0 Å². The van der Waals surface area contributed by atoms with Gasteiger partial charge in [0.05, 0.1) is 5.39 Å². The number of aromatic nitrogens is 2. The lowest BCUT2D eigenvalue weighted by atomic mass is 9.97. The third-order valence-corrected chi connectivity index (χ3v) is 6.05. The molecule has 0 saturated carbocycles. The van der Waals surface area contributed by atoms with Crippen LogP contribution in [0.15, 0.2) is 21.6 Å². The number of nitrogens with zero attached hydrogens (tertiary/aromatic N) is 2. The van der Waals surface area contributed by atoms with E-state index in [9.17, 15) is 4.79 Å². The van der Waals surface area contributed by atoms with Gasteiger partial charge in [0, 0.05) is 22.7 Å². The molecule has 3 rings (SSSR count). The van der Waals surface area contributed by atoms with Crippen molar-refractivity contribution in [2.75, 3.05) is 5.75 Å². The second kappa shape index (κ2) is 6.55. The summed E-state index contributed by atoms with van der Waals surface area (Å²) in [5.74, 6) is 0.729. The lowest BCUT2D eigenvalue weighted by Crippen LogP contribution is -2.23. The molecule has 0 radical (unpaired) electrons. The minimum absolute atomic E-state index is 0.124. The highest BCUT2D eigenvalue weighted by molar-refractivity contribution is 7.99. The van der Waals surface area contributed by atoms with Crippen LogP contribution in [0.1, 0.15) is 30.2 Å². The average Bonchev–Trinajstić information content (AvgIpc) is 2.86. The number of halogens is 1. The molecule has 6 heteroatoms. The van der Waals surface area contributed by atoms with Crippen molar-refractivity contribution in [3.05, 3.63) is 32.4 Å². The Morgan fingerprint density at radius 2 is 2.24 bits per heavy atom. The van der Waals surface area contributed by atoms with Crippen LogP contribution in [-0.4, -0.2) is 15.3 Å². The zero-order chi connectivity index (χ0) is 14.8.